The first-order valence-electron chi connectivity index (χ1n) is 8.56. The fraction of sp³-hybridized carbons (Fsp3) is 0.750. The Morgan fingerprint density at radius 1 is 1.25 bits per heavy atom. The van der Waals surface area contributed by atoms with Crippen LogP contribution in [0.15, 0.2) is 0 Å². The lowest BCUT2D eigenvalue weighted by molar-refractivity contribution is 0.128. The number of hydrogen-bond donors (Lipinski definition) is 2. The van der Waals surface area contributed by atoms with Crippen LogP contribution >= 0.6 is 0 Å². The lowest BCUT2D eigenvalue weighted by Crippen LogP contribution is -2.24. The third-order valence-electron chi connectivity index (χ3n) is 4.06. The molecule has 1 aliphatic rings. The van der Waals surface area contributed by atoms with Crippen LogP contribution in [-0.2, 0) is 34.0 Å². The average molecular weight is 356 g/mol. The Labute approximate surface area is 144 Å². The molecule has 0 saturated carbocycles. The molecule has 136 valence electrons. The van der Waals surface area contributed by atoms with Crippen LogP contribution in [-0.4, -0.2) is 55.6 Å². The van der Waals surface area contributed by atoms with Gasteiger partial charge in [0.25, 0.3) is 0 Å². The second-order valence-electron chi connectivity index (χ2n) is 6.14. The molecule has 1 aliphatic heterocycles. The van der Waals surface area contributed by atoms with Gasteiger partial charge in [-0.1, -0.05) is 0 Å². The molecule has 0 amide bonds. The van der Waals surface area contributed by atoms with E-state index in [4.69, 9.17) is 4.74 Å². The summed E-state index contributed by atoms with van der Waals surface area (Å²) >= 11 is 0. The molecule has 0 bridgehead atoms. The molecule has 1 aromatic heterocycles. The largest absolute Gasteiger partial charge is 0.374 e. The average Bonchev–Trinajstić information content (AvgIpc) is 2.78. The van der Waals surface area contributed by atoms with Crippen molar-refractivity contribution in [3.63, 3.8) is 0 Å². The zero-order valence-electron chi connectivity index (χ0n) is 14.8. The van der Waals surface area contributed by atoms with Crippen LogP contribution in [0.4, 0.5) is 5.82 Å². The normalized spacial score (nSPS) is 15.2. The van der Waals surface area contributed by atoms with E-state index in [1.54, 1.807) is 13.8 Å². The SMILES string of the molecule is CCOCc1nc2c(c(NCCS(=O)(=O)C(C)C)n1)CCNCC2. The smallest absolute Gasteiger partial charge is 0.156 e. The molecule has 2 heterocycles. The highest BCUT2D eigenvalue weighted by Crippen LogP contribution is 2.20. The zero-order valence-corrected chi connectivity index (χ0v) is 15.6. The van der Waals surface area contributed by atoms with E-state index in [-0.39, 0.29) is 11.0 Å². The predicted molar refractivity (Wildman–Crippen MR) is 95.1 cm³/mol. The van der Waals surface area contributed by atoms with Crippen molar-refractivity contribution in [1.29, 1.82) is 0 Å². The molecule has 2 N–H and O–H groups in total. The van der Waals surface area contributed by atoms with Crippen molar-refractivity contribution >= 4 is 15.7 Å². The molecule has 0 atom stereocenters. The van der Waals surface area contributed by atoms with Crippen LogP contribution in [0.3, 0.4) is 0 Å². The van der Waals surface area contributed by atoms with E-state index in [1.807, 2.05) is 6.92 Å². The van der Waals surface area contributed by atoms with E-state index in [0.717, 1.165) is 43.0 Å². The second-order valence-corrected chi connectivity index (χ2v) is 8.82. The fourth-order valence-electron chi connectivity index (χ4n) is 2.55. The molecule has 0 fully saturated rings. The van der Waals surface area contributed by atoms with Crippen molar-refractivity contribution in [3.8, 4) is 0 Å². The van der Waals surface area contributed by atoms with E-state index < -0.39 is 9.84 Å². The Bertz CT molecular complexity index is 647. The minimum Gasteiger partial charge on any atom is -0.374 e. The Kier molecular flexibility index (Phi) is 6.94. The molecular weight excluding hydrogens is 328 g/mol. The maximum atomic E-state index is 12.0. The Balaban J connectivity index is 2.16. The molecule has 7 nitrogen and oxygen atoms in total. The van der Waals surface area contributed by atoms with Crippen LogP contribution in [0.2, 0.25) is 0 Å². The van der Waals surface area contributed by atoms with E-state index >= 15 is 0 Å². The van der Waals surface area contributed by atoms with Gasteiger partial charge in [0.05, 0.1) is 16.7 Å². The summed E-state index contributed by atoms with van der Waals surface area (Å²) in [5, 5.41) is 6.21. The molecule has 0 unspecified atom stereocenters. The topological polar surface area (TPSA) is 93.2 Å². The minimum absolute atomic E-state index is 0.0997. The highest BCUT2D eigenvalue weighted by molar-refractivity contribution is 7.92. The molecule has 0 saturated heterocycles. The molecule has 0 radical (unpaired) electrons. The number of rotatable bonds is 8. The molecule has 1 aromatic rings. The minimum atomic E-state index is -3.06. The molecule has 0 spiro atoms. The van der Waals surface area contributed by atoms with E-state index in [2.05, 4.69) is 20.6 Å². The summed E-state index contributed by atoms with van der Waals surface area (Å²) in [5.41, 5.74) is 2.11. The van der Waals surface area contributed by atoms with Crippen molar-refractivity contribution < 1.29 is 13.2 Å². The third-order valence-corrected chi connectivity index (χ3v) is 6.27. The van der Waals surface area contributed by atoms with Crippen molar-refractivity contribution in [2.45, 2.75) is 45.5 Å². The van der Waals surface area contributed by atoms with Crippen LogP contribution in [0, 0.1) is 0 Å². The van der Waals surface area contributed by atoms with Crippen LogP contribution in [0.25, 0.3) is 0 Å². The van der Waals surface area contributed by atoms with Crippen molar-refractivity contribution in [2.75, 3.05) is 37.3 Å². The summed E-state index contributed by atoms with van der Waals surface area (Å²) in [7, 11) is -3.06. The molecule has 8 heteroatoms. The third kappa shape index (κ3) is 5.12. The highest BCUT2D eigenvalue weighted by Gasteiger charge is 2.19. The monoisotopic (exact) mass is 356 g/mol. The van der Waals surface area contributed by atoms with Crippen LogP contribution in [0.5, 0.6) is 0 Å². The molecule has 24 heavy (non-hydrogen) atoms. The molecule has 0 aromatic carbocycles. The van der Waals surface area contributed by atoms with Gasteiger partial charge in [-0.15, -0.1) is 0 Å². The van der Waals surface area contributed by atoms with Crippen LogP contribution in [0.1, 0.15) is 37.9 Å². The van der Waals surface area contributed by atoms with Gasteiger partial charge < -0.3 is 15.4 Å². The summed E-state index contributed by atoms with van der Waals surface area (Å²) in [6.07, 6.45) is 1.68. The first-order valence-corrected chi connectivity index (χ1v) is 10.3. The Hall–Kier alpha value is -1.25. The summed E-state index contributed by atoms with van der Waals surface area (Å²) in [4.78, 5) is 9.18. The highest BCUT2D eigenvalue weighted by atomic mass is 32.2. The van der Waals surface area contributed by atoms with E-state index in [9.17, 15) is 8.42 Å². The number of nitrogens with zero attached hydrogens (tertiary/aromatic N) is 2. The van der Waals surface area contributed by atoms with Crippen LogP contribution < -0.4 is 10.6 Å². The van der Waals surface area contributed by atoms with Gasteiger partial charge in [0, 0.05) is 31.7 Å². The van der Waals surface area contributed by atoms with Gasteiger partial charge >= 0.3 is 0 Å². The number of nitrogens with one attached hydrogen (secondary N) is 2. The fourth-order valence-corrected chi connectivity index (χ4v) is 3.41. The number of fused-ring (bicyclic) bond motifs is 1. The maximum Gasteiger partial charge on any atom is 0.156 e. The number of sulfone groups is 1. The van der Waals surface area contributed by atoms with Crippen molar-refractivity contribution in [2.24, 2.45) is 0 Å². The number of hydrogen-bond acceptors (Lipinski definition) is 7. The van der Waals surface area contributed by atoms with Gasteiger partial charge in [-0.2, -0.15) is 0 Å². The van der Waals surface area contributed by atoms with Gasteiger partial charge in [-0.3, -0.25) is 0 Å². The summed E-state index contributed by atoms with van der Waals surface area (Å²) in [5.74, 6) is 1.49. The van der Waals surface area contributed by atoms with Gasteiger partial charge in [0.15, 0.2) is 15.7 Å². The molecule has 0 aliphatic carbocycles. The Morgan fingerprint density at radius 2 is 2.00 bits per heavy atom. The first-order chi connectivity index (χ1) is 11.4. The van der Waals surface area contributed by atoms with Gasteiger partial charge in [-0.25, -0.2) is 18.4 Å². The van der Waals surface area contributed by atoms with Crippen molar-refractivity contribution in [1.82, 2.24) is 15.3 Å². The number of ether oxygens (including phenoxy) is 1. The molecule has 2 rings (SSSR count). The standard InChI is InChI=1S/C16H28N4O3S/c1-4-23-11-15-19-14-6-8-17-7-5-13(14)16(20-15)18-9-10-24(21,22)12(2)3/h12,17H,4-11H2,1-3H3,(H,18,19,20). The van der Waals surface area contributed by atoms with Gasteiger partial charge in [0.2, 0.25) is 0 Å². The number of aromatic nitrogens is 2. The van der Waals surface area contributed by atoms with Gasteiger partial charge in [0.1, 0.15) is 12.4 Å². The lowest BCUT2D eigenvalue weighted by atomic mass is 10.1. The summed E-state index contributed by atoms with van der Waals surface area (Å²) in [6, 6.07) is 0. The van der Waals surface area contributed by atoms with E-state index in [1.165, 1.54) is 0 Å². The Morgan fingerprint density at radius 3 is 2.71 bits per heavy atom. The second kappa shape index (κ2) is 8.73. The maximum absolute atomic E-state index is 12.0. The summed E-state index contributed by atoms with van der Waals surface area (Å²) in [6.45, 7) is 8.44. The zero-order chi connectivity index (χ0) is 17.6. The molecular formula is C16H28N4O3S. The number of anilines is 1. The quantitative estimate of drug-likeness (QED) is 0.716. The van der Waals surface area contributed by atoms with Gasteiger partial charge in [-0.05, 0) is 33.7 Å². The first kappa shape index (κ1) is 19.1. The van der Waals surface area contributed by atoms with Crippen molar-refractivity contribution in [3.05, 3.63) is 17.1 Å². The van der Waals surface area contributed by atoms with E-state index in [0.29, 0.717) is 25.6 Å². The summed E-state index contributed by atoms with van der Waals surface area (Å²) < 4.78 is 29.4. The lowest BCUT2D eigenvalue weighted by Gasteiger charge is -2.15. The predicted octanol–water partition coefficient (Wildman–Crippen LogP) is 0.936.